The summed E-state index contributed by atoms with van der Waals surface area (Å²) in [5.74, 6) is 0.298. The Morgan fingerprint density at radius 1 is 1.11 bits per heavy atom. The van der Waals surface area contributed by atoms with E-state index in [-0.39, 0.29) is 23.9 Å². The van der Waals surface area contributed by atoms with E-state index in [0.29, 0.717) is 16.5 Å². The molecule has 2 fully saturated rings. The average Bonchev–Trinajstić information content (AvgIpc) is 2.86. The minimum absolute atomic E-state index is 0.0763. The minimum atomic E-state index is -0.532. The minimum Gasteiger partial charge on any atom is -0.379 e. The van der Waals surface area contributed by atoms with Crippen LogP contribution >= 0.6 is 23.2 Å². The molecule has 2 heterocycles. The van der Waals surface area contributed by atoms with Gasteiger partial charge in [-0.1, -0.05) is 67.4 Å². The van der Waals surface area contributed by atoms with Gasteiger partial charge in [0, 0.05) is 41.6 Å². The molecule has 2 aliphatic heterocycles. The standard InChI is InChI=1S/C29H36Cl2N2O2/c1-4-13-29(3)19-26(22-7-6-8-24(31)18-22)27(21-9-11-23(30)12-10-21)33(28(29)34)25(5-2)20-32-14-16-35-17-15-32/h4,6-12,18,25-27H,1,5,13-17,19-20H2,2-3H3/t25?,26-,27-,29+/m1/s1. The average molecular weight is 516 g/mol. The number of halogens is 2. The molecule has 0 N–H and O–H groups in total. The molecule has 2 aromatic carbocycles. The molecule has 4 rings (SSSR count). The number of hydrogen-bond acceptors (Lipinski definition) is 3. The lowest BCUT2D eigenvalue weighted by Crippen LogP contribution is -2.58. The van der Waals surface area contributed by atoms with E-state index in [1.54, 1.807) is 0 Å². The Labute approximate surface area is 219 Å². The SMILES string of the molecule is C=CC[C@@]1(C)C[C@H](c2cccc(Cl)c2)[C@@H](c2ccc(Cl)cc2)N(C(CC)CN2CCOCC2)C1=O. The molecule has 188 valence electrons. The first-order valence-electron chi connectivity index (χ1n) is 12.6. The molecule has 0 aliphatic carbocycles. The van der Waals surface area contributed by atoms with Crippen LogP contribution in [0.1, 0.15) is 56.2 Å². The van der Waals surface area contributed by atoms with Crippen molar-refractivity contribution in [2.24, 2.45) is 5.41 Å². The lowest BCUT2D eigenvalue weighted by molar-refractivity contribution is -0.155. The van der Waals surface area contributed by atoms with Gasteiger partial charge in [-0.2, -0.15) is 0 Å². The van der Waals surface area contributed by atoms with Crippen molar-refractivity contribution in [3.8, 4) is 0 Å². The number of morpholine rings is 1. The number of piperidine rings is 1. The van der Waals surface area contributed by atoms with Gasteiger partial charge in [0.1, 0.15) is 0 Å². The smallest absolute Gasteiger partial charge is 0.229 e. The number of ether oxygens (including phenoxy) is 1. The molecule has 0 bridgehead atoms. The Kier molecular flexibility index (Phi) is 8.59. The molecular weight excluding hydrogens is 479 g/mol. The summed E-state index contributed by atoms with van der Waals surface area (Å²) < 4.78 is 5.58. The normalized spacial score (nSPS) is 26.5. The zero-order valence-electron chi connectivity index (χ0n) is 20.8. The van der Waals surface area contributed by atoms with Crippen LogP contribution in [-0.2, 0) is 9.53 Å². The molecule has 1 amide bonds. The van der Waals surface area contributed by atoms with Crippen LogP contribution in [0.25, 0.3) is 0 Å². The van der Waals surface area contributed by atoms with Crippen LogP contribution in [0.15, 0.2) is 61.2 Å². The highest BCUT2D eigenvalue weighted by atomic mass is 35.5. The summed E-state index contributed by atoms with van der Waals surface area (Å²) in [6.07, 6.45) is 4.13. The highest BCUT2D eigenvalue weighted by Gasteiger charge is 2.51. The quantitative estimate of drug-likeness (QED) is 0.365. The summed E-state index contributed by atoms with van der Waals surface area (Å²) in [6.45, 7) is 12.4. The number of carbonyl (C=O) groups is 1. The van der Waals surface area contributed by atoms with Gasteiger partial charge in [0.25, 0.3) is 0 Å². The predicted octanol–water partition coefficient (Wildman–Crippen LogP) is 6.74. The van der Waals surface area contributed by atoms with E-state index in [9.17, 15) is 4.79 Å². The fourth-order valence-electron chi connectivity index (χ4n) is 5.78. The summed E-state index contributed by atoms with van der Waals surface area (Å²) in [7, 11) is 0. The number of nitrogens with zero attached hydrogens (tertiary/aromatic N) is 2. The van der Waals surface area contributed by atoms with Crippen LogP contribution in [0.5, 0.6) is 0 Å². The van der Waals surface area contributed by atoms with Crippen molar-refractivity contribution < 1.29 is 9.53 Å². The Morgan fingerprint density at radius 3 is 2.46 bits per heavy atom. The molecule has 0 spiro atoms. The molecule has 2 aliphatic rings. The van der Waals surface area contributed by atoms with Gasteiger partial charge in [-0.15, -0.1) is 6.58 Å². The van der Waals surface area contributed by atoms with E-state index in [1.807, 2.05) is 30.3 Å². The van der Waals surface area contributed by atoms with Gasteiger partial charge in [0.2, 0.25) is 5.91 Å². The van der Waals surface area contributed by atoms with Crippen LogP contribution in [0.4, 0.5) is 0 Å². The van der Waals surface area contributed by atoms with Crippen molar-refractivity contribution >= 4 is 29.1 Å². The van der Waals surface area contributed by atoms with E-state index in [4.69, 9.17) is 27.9 Å². The Morgan fingerprint density at radius 2 is 1.83 bits per heavy atom. The van der Waals surface area contributed by atoms with Gasteiger partial charge in [-0.05, 0) is 54.7 Å². The van der Waals surface area contributed by atoms with Crippen LogP contribution < -0.4 is 0 Å². The first-order chi connectivity index (χ1) is 16.9. The van der Waals surface area contributed by atoms with E-state index in [0.717, 1.165) is 56.8 Å². The highest BCUT2D eigenvalue weighted by Crippen LogP contribution is 2.52. The Balaban J connectivity index is 1.83. The van der Waals surface area contributed by atoms with Gasteiger partial charge in [0.15, 0.2) is 0 Å². The van der Waals surface area contributed by atoms with Gasteiger partial charge in [-0.3, -0.25) is 9.69 Å². The second-order valence-electron chi connectivity index (χ2n) is 10.1. The number of allylic oxidation sites excluding steroid dienone is 1. The van der Waals surface area contributed by atoms with E-state index < -0.39 is 5.41 Å². The van der Waals surface area contributed by atoms with Crippen LogP contribution in [-0.4, -0.2) is 54.6 Å². The van der Waals surface area contributed by atoms with Gasteiger partial charge < -0.3 is 9.64 Å². The van der Waals surface area contributed by atoms with Crippen molar-refractivity contribution in [1.82, 2.24) is 9.80 Å². The monoisotopic (exact) mass is 514 g/mol. The van der Waals surface area contributed by atoms with E-state index >= 15 is 0 Å². The molecule has 4 nitrogen and oxygen atoms in total. The highest BCUT2D eigenvalue weighted by molar-refractivity contribution is 6.30. The number of carbonyl (C=O) groups excluding carboxylic acids is 1. The Bertz CT molecular complexity index is 1020. The van der Waals surface area contributed by atoms with Gasteiger partial charge in [0.05, 0.1) is 24.7 Å². The molecule has 0 aromatic heterocycles. The first-order valence-corrected chi connectivity index (χ1v) is 13.4. The van der Waals surface area contributed by atoms with Crippen molar-refractivity contribution in [2.75, 3.05) is 32.8 Å². The van der Waals surface area contributed by atoms with E-state index in [1.165, 1.54) is 0 Å². The molecular formula is C29H36Cl2N2O2. The van der Waals surface area contributed by atoms with Gasteiger partial charge in [-0.25, -0.2) is 0 Å². The number of likely N-dealkylation sites (tertiary alicyclic amines) is 1. The Hall–Kier alpha value is -1.85. The zero-order valence-corrected chi connectivity index (χ0v) is 22.3. The second-order valence-corrected chi connectivity index (χ2v) is 11.0. The molecule has 0 radical (unpaired) electrons. The van der Waals surface area contributed by atoms with Crippen molar-refractivity contribution in [2.45, 2.75) is 51.1 Å². The molecule has 35 heavy (non-hydrogen) atoms. The summed E-state index contributed by atoms with van der Waals surface area (Å²) in [6, 6.07) is 16.1. The lowest BCUT2D eigenvalue weighted by Gasteiger charge is -2.52. The topological polar surface area (TPSA) is 32.8 Å². The number of hydrogen-bond donors (Lipinski definition) is 0. The molecule has 2 aromatic rings. The molecule has 2 saturated heterocycles. The molecule has 6 heteroatoms. The predicted molar refractivity (Wildman–Crippen MR) is 144 cm³/mol. The number of benzene rings is 2. The summed E-state index contributed by atoms with van der Waals surface area (Å²) >= 11 is 12.7. The second kappa shape index (κ2) is 11.5. The zero-order chi connectivity index (χ0) is 25.0. The van der Waals surface area contributed by atoms with Crippen molar-refractivity contribution in [3.05, 3.63) is 82.4 Å². The maximum Gasteiger partial charge on any atom is 0.229 e. The molecule has 4 atom stereocenters. The van der Waals surface area contributed by atoms with E-state index in [2.05, 4.69) is 54.5 Å². The van der Waals surface area contributed by atoms with Crippen LogP contribution in [0.2, 0.25) is 10.0 Å². The molecule has 1 unspecified atom stereocenters. The summed E-state index contributed by atoms with van der Waals surface area (Å²) in [4.78, 5) is 19.0. The fraction of sp³-hybridized carbons (Fsp3) is 0.483. The van der Waals surface area contributed by atoms with Crippen molar-refractivity contribution in [3.63, 3.8) is 0 Å². The number of rotatable bonds is 8. The third-order valence-electron chi connectivity index (χ3n) is 7.62. The van der Waals surface area contributed by atoms with Gasteiger partial charge >= 0.3 is 0 Å². The largest absolute Gasteiger partial charge is 0.379 e. The third-order valence-corrected chi connectivity index (χ3v) is 8.11. The maximum atomic E-state index is 14.4. The fourth-order valence-corrected chi connectivity index (χ4v) is 6.11. The van der Waals surface area contributed by atoms with Crippen molar-refractivity contribution in [1.29, 1.82) is 0 Å². The first kappa shape index (κ1) is 26.2. The van der Waals surface area contributed by atoms with Crippen LogP contribution in [0.3, 0.4) is 0 Å². The lowest BCUT2D eigenvalue weighted by atomic mass is 9.67. The summed E-state index contributed by atoms with van der Waals surface area (Å²) in [5, 5.41) is 1.41. The van der Waals surface area contributed by atoms with Crippen LogP contribution in [0, 0.1) is 5.41 Å². The molecule has 0 saturated carbocycles. The maximum absolute atomic E-state index is 14.4. The number of amides is 1. The summed E-state index contributed by atoms with van der Waals surface area (Å²) in [5.41, 5.74) is 1.73. The third kappa shape index (κ3) is 5.77.